The standard InChI is InChI=1S/C7H8N4O4S/c12-4(1-2-5(13)14)9-6(15)10-7-11-8-3-16-7/h3H,1-2H2,(H,13,14)(H2,9,10,11,12,15). The molecule has 0 spiro atoms. The molecule has 0 aliphatic rings. The molecule has 3 amide bonds. The number of hydrogen-bond acceptors (Lipinski definition) is 6. The third kappa shape index (κ3) is 4.46. The fourth-order valence-corrected chi connectivity index (χ4v) is 1.21. The number of aliphatic carboxylic acids is 1. The Balaban J connectivity index is 2.29. The molecule has 1 aromatic rings. The summed E-state index contributed by atoms with van der Waals surface area (Å²) >= 11 is 1.10. The van der Waals surface area contributed by atoms with Gasteiger partial charge in [0.05, 0.1) is 6.42 Å². The molecule has 1 aromatic heterocycles. The number of carbonyl (C=O) groups is 3. The van der Waals surface area contributed by atoms with E-state index in [9.17, 15) is 14.4 Å². The summed E-state index contributed by atoms with van der Waals surface area (Å²) in [7, 11) is 0. The molecule has 1 heterocycles. The van der Waals surface area contributed by atoms with E-state index in [1.54, 1.807) is 0 Å². The number of aromatic nitrogens is 2. The Bertz CT molecular complexity index is 391. The molecule has 8 nitrogen and oxygen atoms in total. The summed E-state index contributed by atoms with van der Waals surface area (Å²) in [5, 5.41) is 19.8. The van der Waals surface area contributed by atoms with Gasteiger partial charge in [0.2, 0.25) is 11.0 Å². The molecule has 0 aromatic carbocycles. The van der Waals surface area contributed by atoms with Gasteiger partial charge in [0.15, 0.2) is 0 Å². The third-order valence-corrected chi connectivity index (χ3v) is 2.01. The highest BCUT2D eigenvalue weighted by Gasteiger charge is 2.10. The second-order valence-corrected chi connectivity index (χ2v) is 3.47. The third-order valence-electron chi connectivity index (χ3n) is 1.40. The Morgan fingerprint density at radius 1 is 1.38 bits per heavy atom. The Morgan fingerprint density at radius 2 is 2.12 bits per heavy atom. The maximum absolute atomic E-state index is 11.1. The molecule has 0 saturated heterocycles. The van der Waals surface area contributed by atoms with Gasteiger partial charge in [-0.2, -0.15) is 0 Å². The van der Waals surface area contributed by atoms with Gasteiger partial charge in [-0.15, -0.1) is 10.2 Å². The van der Waals surface area contributed by atoms with Crippen molar-refractivity contribution in [3.63, 3.8) is 0 Å². The number of carboxylic acid groups (broad SMARTS) is 1. The first-order chi connectivity index (χ1) is 7.58. The van der Waals surface area contributed by atoms with Gasteiger partial charge >= 0.3 is 12.0 Å². The Labute approximate surface area is 93.7 Å². The van der Waals surface area contributed by atoms with Crippen LogP contribution in [0.1, 0.15) is 12.8 Å². The van der Waals surface area contributed by atoms with Gasteiger partial charge in [-0.05, 0) is 0 Å². The first-order valence-electron chi connectivity index (χ1n) is 4.16. The van der Waals surface area contributed by atoms with E-state index >= 15 is 0 Å². The zero-order chi connectivity index (χ0) is 12.0. The Kier molecular flexibility index (Phi) is 4.33. The Morgan fingerprint density at radius 3 is 2.69 bits per heavy atom. The van der Waals surface area contributed by atoms with E-state index in [4.69, 9.17) is 5.11 Å². The van der Waals surface area contributed by atoms with E-state index in [1.165, 1.54) is 5.51 Å². The highest BCUT2D eigenvalue weighted by atomic mass is 32.1. The number of urea groups is 1. The summed E-state index contributed by atoms with van der Waals surface area (Å²) < 4.78 is 0. The Hall–Kier alpha value is -2.03. The van der Waals surface area contributed by atoms with Gasteiger partial charge in [-0.1, -0.05) is 11.3 Å². The predicted molar refractivity (Wildman–Crippen MR) is 53.9 cm³/mol. The number of imide groups is 1. The quantitative estimate of drug-likeness (QED) is 0.688. The van der Waals surface area contributed by atoms with Crippen molar-refractivity contribution in [1.82, 2.24) is 15.5 Å². The molecule has 0 unspecified atom stereocenters. The number of nitrogens with one attached hydrogen (secondary N) is 2. The van der Waals surface area contributed by atoms with Crippen LogP contribution in [0.4, 0.5) is 9.93 Å². The van der Waals surface area contributed by atoms with Crippen molar-refractivity contribution in [2.24, 2.45) is 0 Å². The van der Waals surface area contributed by atoms with Crippen LogP contribution in [0.25, 0.3) is 0 Å². The van der Waals surface area contributed by atoms with E-state index in [-0.39, 0.29) is 18.0 Å². The maximum atomic E-state index is 11.1. The second-order valence-electron chi connectivity index (χ2n) is 2.64. The van der Waals surface area contributed by atoms with Crippen molar-refractivity contribution < 1.29 is 19.5 Å². The summed E-state index contributed by atoms with van der Waals surface area (Å²) in [4.78, 5) is 32.3. The average molecular weight is 244 g/mol. The molecule has 0 atom stereocenters. The molecule has 16 heavy (non-hydrogen) atoms. The molecule has 86 valence electrons. The fourth-order valence-electron chi connectivity index (χ4n) is 0.765. The van der Waals surface area contributed by atoms with E-state index in [1.807, 2.05) is 5.32 Å². The van der Waals surface area contributed by atoms with Crippen molar-refractivity contribution in [3.05, 3.63) is 5.51 Å². The van der Waals surface area contributed by atoms with Crippen molar-refractivity contribution in [3.8, 4) is 0 Å². The summed E-state index contributed by atoms with van der Waals surface area (Å²) in [5.41, 5.74) is 1.42. The van der Waals surface area contributed by atoms with Crippen LogP contribution in [0, 0.1) is 0 Å². The number of rotatable bonds is 4. The van der Waals surface area contributed by atoms with Gasteiger partial charge in [0.1, 0.15) is 5.51 Å². The first-order valence-corrected chi connectivity index (χ1v) is 5.04. The lowest BCUT2D eigenvalue weighted by atomic mass is 10.3. The number of carboxylic acids is 1. The van der Waals surface area contributed by atoms with Crippen LogP contribution in [0.2, 0.25) is 0 Å². The van der Waals surface area contributed by atoms with E-state index in [0.717, 1.165) is 11.3 Å². The number of carbonyl (C=O) groups excluding carboxylic acids is 2. The van der Waals surface area contributed by atoms with Crippen LogP contribution >= 0.6 is 11.3 Å². The molecule has 0 aliphatic carbocycles. The number of hydrogen-bond donors (Lipinski definition) is 3. The summed E-state index contributed by atoms with van der Waals surface area (Å²) in [6, 6.07) is -0.757. The van der Waals surface area contributed by atoms with Gasteiger partial charge < -0.3 is 5.11 Å². The average Bonchev–Trinajstić information content (AvgIpc) is 2.67. The first kappa shape index (κ1) is 12.0. The second kappa shape index (κ2) is 5.75. The minimum absolute atomic E-state index is 0.251. The van der Waals surface area contributed by atoms with E-state index < -0.39 is 17.9 Å². The molecular weight excluding hydrogens is 236 g/mol. The fraction of sp³-hybridized carbons (Fsp3) is 0.286. The predicted octanol–water partition coefficient (Wildman–Crippen LogP) is 0.0510. The summed E-state index contributed by atoms with van der Waals surface area (Å²) in [5.74, 6) is -1.76. The van der Waals surface area contributed by atoms with Crippen molar-refractivity contribution in [1.29, 1.82) is 0 Å². The minimum Gasteiger partial charge on any atom is -0.481 e. The largest absolute Gasteiger partial charge is 0.481 e. The molecule has 3 N–H and O–H groups in total. The smallest absolute Gasteiger partial charge is 0.327 e. The van der Waals surface area contributed by atoms with E-state index in [0.29, 0.717) is 0 Å². The van der Waals surface area contributed by atoms with Gasteiger partial charge in [0, 0.05) is 6.42 Å². The lowest BCUT2D eigenvalue weighted by Crippen LogP contribution is -2.34. The van der Waals surface area contributed by atoms with Crippen LogP contribution in [0.3, 0.4) is 0 Å². The monoisotopic (exact) mass is 244 g/mol. The van der Waals surface area contributed by atoms with Crippen LogP contribution in [0.5, 0.6) is 0 Å². The molecule has 0 aliphatic heterocycles. The van der Waals surface area contributed by atoms with Gasteiger partial charge in [-0.3, -0.25) is 20.2 Å². The van der Waals surface area contributed by atoms with Gasteiger partial charge in [-0.25, -0.2) is 4.79 Å². The zero-order valence-electron chi connectivity index (χ0n) is 7.97. The lowest BCUT2D eigenvalue weighted by Gasteiger charge is -2.02. The highest BCUT2D eigenvalue weighted by molar-refractivity contribution is 7.13. The van der Waals surface area contributed by atoms with Crippen LogP contribution in [-0.4, -0.2) is 33.2 Å². The molecule has 0 saturated carbocycles. The number of amides is 3. The molecule has 0 fully saturated rings. The molecule has 1 rings (SSSR count). The number of anilines is 1. The van der Waals surface area contributed by atoms with Crippen LogP contribution in [-0.2, 0) is 9.59 Å². The van der Waals surface area contributed by atoms with Crippen molar-refractivity contribution >= 4 is 34.4 Å². The minimum atomic E-state index is -1.10. The summed E-state index contributed by atoms with van der Waals surface area (Å²) in [6.45, 7) is 0. The van der Waals surface area contributed by atoms with Crippen molar-refractivity contribution in [2.45, 2.75) is 12.8 Å². The van der Waals surface area contributed by atoms with Crippen LogP contribution < -0.4 is 10.6 Å². The van der Waals surface area contributed by atoms with E-state index in [2.05, 4.69) is 15.5 Å². The number of nitrogens with zero attached hydrogens (tertiary/aromatic N) is 2. The SMILES string of the molecule is O=C(O)CCC(=O)NC(=O)Nc1nncs1. The molecule has 9 heteroatoms. The molecule has 0 bridgehead atoms. The van der Waals surface area contributed by atoms with Crippen LogP contribution in [0.15, 0.2) is 5.51 Å². The molecular formula is C7H8N4O4S. The molecule has 0 radical (unpaired) electrons. The normalized spacial score (nSPS) is 9.50. The topological polar surface area (TPSA) is 121 Å². The zero-order valence-corrected chi connectivity index (χ0v) is 8.78. The highest BCUT2D eigenvalue weighted by Crippen LogP contribution is 2.06. The van der Waals surface area contributed by atoms with Gasteiger partial charge in [0.25, 0.3) is 0 Å². The lowest BCUT2D eigenvalue weighted by molar-refractivity contribution is -0.138. The summed E-state index contributed by atoms with van der Waals surface area (Å²) in [6.07, 6.45) is -0.573. The van der Waals surface area contributed by atoms with Crippen molar-refractivity contribution in [2.75, 3.05) is 5.32 Å². The maximum Gasteiger partial charge on any atom is 0.327 e.